The highest BCUT2D eigenvalue weighted by molar-refractivity contribution is 5.77. The molecule has 0 aliphatic heterocycles. The van der Waals surface area contributed by atoms with Gasteiger partial charge in [0, 0.05) is 6.54 Å². The fourth-order valence-corrected chi connectivity index (χ4v) is 1.93. The van der Waals surface area contributed by atoms with Crippen molar-refractivity contribution in [1.29, 1.82) is 0 Å². The Bertz CT molecular complexity index is 447. The van der Waals surface area contributed by atoms with Gasteiger partial charge in [0.05, 0.1) is 13.2 Å². The number of hydrogen-bond acceptors (Lipinski definition) is 3. The maximum atomic E-state index is 9.63. The number of aliphatic imine (C=N–C) groups is 1. The number of ether oxygens (including phenoxy) is 1. The van der Waals surface area contributed by atoms with E-state index in [2.05, 4.69) is 17.2 Å². The van der Waals surface area contributed by atoms with E-state index in [1.165, 1.54) is 19.3 Å². The molecule has 0 aliphatic rings. The summed E-state index contributed by atoms with van der Waals surface area (Å²) in [6.07, 6.45) is 4.81. The Morgan fingerprint density at radius 2 is 2.10 bits per heavy atom. The second-order valence-corrected chi connectivity index (χ2v) is 4.92. The van der Waals surface area contributed by atoms with Crippen LogP contribution in [-0.4, -0.2) is 24.2 Å². The number of hydrogen-bond donors (Lipinski definition) is 3. The summed E-state index contributed by atoms with van der Waals surface area (Å²) in [4.78, 5) is 4.29. The molecule has 4 N–H and O–H groups in total. The fraction of sp³-hybridized carbons (Fsp3) is 0.562. The van der Waals surface area contributed by atoms with Crippen LogP contribution in [0.25, 0.3) is 0 Å². The summed E-state index contributed by atoms with van der Waals surface area (Å²) in [5, 5.41) is 12.7. The maximum Gasteiger partial charge on any atom is 0.188 e. The van der Waals surface area contributed by atoms with Crippen LogP contribution in [0.3, 0.4) is 0 Å². The van der Waals surface area contributed by atoms with Crippen LogP contribution in [0.15, 0.2) is 23.2 Å². The molecule has 0 atom stereocenters. The minimum absolute atomic E-state index is 0.145. The number of guanidine groups is 1. The molecular weight excluding hydrogens is 266 g/mol. The number of nitrogens with one attached hydrogen (secondary N) is 1. The molecule has 0 aromatic heterocycles. The smallest absolute Gasteiger partial charge is 0.188 e. The zero-order valence-electron chi connectivity index (χ0n) is 13.1. The van der Waals surface area contributed by atoms with Gasteiger partial charge in [-0.25, -0.2) is 4.99 Å². The molecule has 1 aromatic rings. The van der Waals surface area contributed by atoms with Gasteiger partial charge in [0.1, 0.15) is 0 Å². The Labute approximate surface area is 127 Å². The lowest BCUT2D eigenvalue weighted by Crippen LogP contribution is -2.32. The summed E-state index contributed by atoms with van der Waals surface area (Å²) in [5.41, 5.74) is 6.77. The summed E-state index contributed by atoms with van der Waals surface area (Å²) < 4.78 is 5.34. The van der Waals surface area contributed by atoms with Crippen molar-refractivity contribution in [1.82, 2.24) is 5.32 Å². The van der Waals surface area contributed by atoms with E-state index >= 15 is 0 Å². The summed E-state index contributed by atoms with van der Waals surface area (Å²) in [6, 6.07) is 5.22. The van der Waals surface area contributed by atoms with Crippen molar-refractivity contribution in [2.24, 2.45) is 10.7 Å². The summed E-state index contributed by atoms with van der Waals surface area (Å²) >= 11 is 0. The second kappa shape index (κ2) is 9.91. The van der Waals surface area contributed by atoms with Crippen LogP contribution in [0.5, 0.6) is 11.5 Å². The molecule has 0 saturated heterocycles. The van der Waals surface area contributed by atoms with Crippen LogP contribution in [0.4, 0.5) is 0 Å². The SMILES string of the molecule is CCCCCCNC(N)=NCc1ccc(O)c(OCC)c1. The Balaban J connectivity index is 2.42. The average Bonchev–Trinajstić information content (AvgIpc) is 2.48. The lowest BCUT2D eigenvalue weighted by Gasteiger charge is -2.08. The van der Waals surface area contributed by atoms with Crippen LogP contribution in [0.1, 0.15) is 45.1 Å². The number of rotatable bonds is 9. The van der Waals surface area contributed by atoms with Gasteiger partial charge in [-0.3, -0.25) is 0 Å². The average molecular weight is 293 g/mol. The molecule has 0 aliphatic carbocycles. The highest BCUT2D eigenvalue weighted by Crippen LogP contribution is 2.26. The standard InChI is InChI=1S/C16H27N3O2/c1-3-5-6-7-10-18-16(17)19-12-13-8-9-14(20)15(11-13)21-4-2/h8-9,11,20H,3-7,10,12H2,1-2H3,(H3,17,18,19). The van der Waals surface area contributed by atoms with E-state index in [9.17, 15) is 5.11 Å². The van der Waals surface area contributed by atoms with Gasteiger partial charge in [-0.05, 0) is 31.0 Å². The molecule has 0 heterocycles. The number of nitrogens with zero attached hydrogens (tertiary/aromatic N) is 1. The molecule has 1 aromatic carbocycles. The molecule has 0 bridgehead atoms. The lowest BCUT2D eigenvalue weighted by molar-refractivity contribution is 0.318. The lowest BCUT2D eigenvalue weighted by atomic mass is 10.2. The molecule has 1 rings (SSSR count). The molecule has 21 heavy (non-hydrogen) atoms. The predicted molar refractivity (Wildman–Crippen MR) is 86.7 cm³/mol. The first kappa shape index (κ1) is 17.1. The van der Waals surface area contributed by atoms with E-state index in [0.717, 1.165) is 18.5 Å². The molecule has 0 saturated carbocycles. The first-order chi connectivity index (χ1) is 10.2. The summed E-state index contributed by atoms with van der Waals surface area (Å²) in [7, 11) is 0. The van der Waals surface area contributed by atoms with Crippen molar-refractivity contribution < 1.29 is 9.84 Å². The molecule has 0 spiro atoms. The highest BCUT2D eigenvalue weighted by Gasteiger charge is 2.03. The largest absolute Gasteiger partial charge is 0.504 e. The normalized spacial score (nSPS) is 11.4. The van der Waals surface area contributed by atoms with Crippen molar-refractivity contribution in [3.63, 3.8) is 0 Å². The molecule has 118 valence electrons. The minimum Gasteiger partial charge on any atom is -0.504 e. The Morgan fingerprint density at radius 3 is 2.81 bits per heavy atom. The van der Waals surface area contributed by atoms with Crippen LogP contribution in [-0.2, 0) is 6.54 Å². The third-order valence-electron chi connectivity index (χ3n) is 3.09. The highest BCUT2D eigenvalue weighted by atomic mass is 16.5. The molecular formula is C16H27N3O2. The van der Waals surface area contributed by atoms with E-state index in [1.807, 2.05) is 13.0 Å². The van der Waals surface area contributed by atoms with Gasteiger partial charge in [0.25, 0.3) is 0 Å². The molecule has 5 heteroatoms. The molecule has 0 amide bonds. The second-order valence-electron chi connectivity index (χ2n) is 4.92. The van der Waals surface area contributed by atoms with E-state index in [1.54, 1.807) is 12.1 Å². The topological polar surface area (TPSA) is 79.9 Å². The summed E-state index contributed by atoms with van der Waals surface area (Å²) in [6.45, 7) is 5.91. The van der Waals surface area contributed by atoms with Gasteiger partial charge in [-0.1, -0.05) is 32.3 Å². The zero-order valence-corrected chi connectivity index (χ0v) is 13.1. The third-order valence-corrected chi connectivity index (χ3v) is 3.09. The first-order valence-corrected chi connectivity index (χ1v) is 7.65. The molecule has 0 unspecified atom stereocenters. The van der Waals surface area contributed by atoms with Gasteiger partial charge in [-0.2, -0.15) is 0 Å². The number of nitrogens with two attached hydrogens (primary N) is 1. The van der Waals surface area contributed by atoms with Crippen molar-refractivity contribution in [2.45, 2.75) is 46.1 Å². The predicted octanol–water partition coefficient (Wildman–Crippen LogP) is 2.78. The number of benzene rings is 1. The summed E-state index contributed by atoms with van der Waals surface area (Å²) in [5.74, 6) is 1.08. The first-order valence-electron chi connectivity index (χ1n) is 7.65. The quantitative estimate of drug-likeness (QED) is 0.371. The van der Waals surface area contributed by atoms with Gasteiger partial charge >= 0.3 is 0 Å². The Morgan fingerprint density at radius 1 is 1.29 bits per heavy atom. The van der Waals surface area contributed by atoms with E-state index in [4.69, 9.17) is 10.5 Å². The third kappa shape index (κ3) is 6.88. The van der Waals surface area contributed by atoms with Crippen molar-refractivity contribution >= 4 is 5.96 Å². The van der Waals surface area contributed by atoms with Crippen LogP contribution >= 0.6 is 0 Å². The van der Waals surface area contributed by atoms with Gasteiger partial charge in [0.15, 0.2) is 17.5 Å². The van der Waals surface area contributed by atoms with Gasteiger partial charge in [0.2, 0.25) is 0 Å². The van der Waals surface area contributed by atoms with Crippen molar-refractivity contribution in [3.05, 3.63) is 23.8 Å². The zero-order chi connectivity index (χ0) is 15.5. The van der Waals surface area contributed by atoms with E-state index in [-0.39, 0.29) is 5.75 Å². The molecule has 0 fully saturated rings. The van der Waals surface area contributed by atoms with Crippen molar-refractivity contribution in [2.75, 3.05) is 13.2 Å². The number of unbranched alkanes of at least 4 members (excludes halogenated alkanes) is 3. The van der Waals surface area contributed by atoms with Crippen LogP contribution in [0.2, 0.25) is 0 Å². The Hall–Kier alpha value is -1.91. The monoisotopic (exact) mass is 293 g/mol. The molecule has 5 nitrogen and oxygen atoms in total. The number of phenols is 1. The minimum atomic E-state index is 0.145. The van der Waals surface area contributed by atoms with Crippen molar-refractivity contribution in [3.8, 4) is 11.5 Å². The number of phenolic OH excluding ortho intramolecular Hbond substituents is 1. The number of aromatic hydroxyl groups is 1. The van der Waals surface area contributed by atoms with E-state index < -0.39 is 0 Å². The van der Waals surface area contributed by atoms with E-state index in [0.29, 0.717) is 24.9 Å². The maximum absolute atomic E-state index is 9.63. The fourth-order valence-electron chi connectivity index (χ4n) is 1.93. The Kier molecular flexibility index (Phi) is 8.09. The molecule has 0 radical (unpaired) electrons. The van der Waals surface area contributed by atoms with Gasteiger partial charge in [-0.15, -0.1) is 0 Å². The van der Waals surface area contributed by atoms with Gasteiger partial charge < -0.3 is 20.9 Å². The van der Waals surface area contributed by atoms with Crippen LogP contribution < -0.4 is 15.8 Å². The van der Waals surface area contributed by atoms with Crippen LogP contribution in [0, 0.1) is 0 Å².